The lowest BCUT2D eigenvalue weighted by Crippen LogP contribution is -2.39. The number of hydrogen-bond acceptors (Lipinski definition) is 19. The van der Waals surface area contributed by atoms with Gasteiger partial charge in [0.05, 0.1) is 26.7 Å². The van der Waals surface area contributed by atoms with Crippen LogP contribution in [0.1, 0.15) is 192 Å². The van der Waals surface area contributed by atoms with E-state index in [1.807, 2.05) is 97.2 Å². The van der Waals surface area contributed by atoms with Gasteiger partial charge in [-0.2, -0.15) is 0 Å². The van der Waals surface area contributed by atoms with Crippen molar-refractivity contribution in [1.82, 2.24) is 49.6 Å². The fourth-order valence-electron chi connectivity index (χ4n) is 10.5. The van der Waals surface area contributed by atoms with Gasteiger partial charge < -0.3 is 65.7 Å². The van der Waals surface area contributed by atoms with Crippen LogP contribution < -0.4 is 32.1 Å². The number of allylic oxidation sites excluding steroid dienone is 5. The Morgan fingerprint density at radius 1 is 0.373 bits per heavy atom. The molecule has 6 rings (SSSR count). The molecule has 0 aliphatic rings. The fraction of sp³-hybridized carbons (Fsp3) is 0.380. The smallest absolute Gasteiger partial charge is 0.328 e. The first-order chi connectivity index (χ1) is 59.4. The second kappa shape index (κ2) is 58.4. The Morgan fingerprint density at radius 3 is 0.849 bits per heavy atom. The summed E-state index contributed by atoms with van der Waals surface area (Å²) in [5, 5.41) is 38.9. The van der Waals surface area contributed by atoms with Crippen LogP contribution in [0.2, 0.25) is 0 Å². The second-order valence-corrected chi connectivity index (χ2v) is 33.3. The molecule has 0 spiro atoms. The van der Waals surface area contributed by atoms with E-state index in [9.17, 15) is 79.2 Å². The van der Waals surface area contributed by atoms with Gasteiger partial charge in [0.25, 0.3) is 29.5 Å². The molecule has 34 heteroatoms. The van der Waals surface area contributed by atoms with Crippen molar-refractivity contribution in [3.63, 3.8) is 0 Å². The van der Waals surface area contributed by atoms with Crippen molar-refractivity contribution in [3.05, 3.63) is 242 Å². The van der Waals surface area contributed by atoms with Crippen LogP contribution in [0, 0.1) is 0 Å². The summed E-state index contributed by atoms with van der Waals surface area (Å²) in [6.45, 7) is 13.4. The number of rotatable bonds is 42. The summed E-state index contributed by atoms with van der Waals surface area (Å²) in [4.78, 5) is 153. The number of aromatic nitrogens is 1. The Labute approximate surface area is 739 Å². The maximum absolute atomic E-state index is 12.2. The molecule has 5 aromatic carbocycles. The molecule has 0 aliphatic heterocycles. The van der Waals surface area contributed by atoms with Gasteiger partial charge in [0.2, 0.25) is 37.4 Å². The monoisotopic (exact) mass is 1780 g/mol. The van der Waals surface area contributed by atoms with Crippen LogP contribution in [0.3, 0.4) is 0 Å². The number of aliphatic carboxylic acids is 3. The zero-order chi connectivity index (χ0) is 94.7. The molecule has 0 bridgehead atoms. The standard InChI is InChI=1S/C20H22N2O4.C19H26N2O4.C18H26N2O5S.C18H24N2O4.C17H24N2O5S/c1-15(20(25)26)21-19(24)17-10-7-9-16(14-17)8-3-2-5-12-22-13-6-4-11-18(22)23;1-14(19(24)25-4)20-18(23)17-11-8-10-16(13-17)9-6-5-7-12-21(3)15(2)22;1-14(18(22)25-3)19-17(21)16-11-8-10-15(13-16)9-6-5-7-12-20(2)26(4,23)24;1-13(18(23)24)19-17(22)16-10-7-9-15(12-16)8-5-4-6-11-20(3)14(2)21;1-13(17(21)22)18-16(20)15-10-7-9-14(12-15)8-5-4-6-11-19(2)25(3,23)24/h3-4,6-11,13-15H,2,5,12H2,1H3,(H,21,24)(H,25,26);6,8-11,13-14H,5,7,12H2,1-4H3,(H,20,23);6,8-11,13-14H,5,7,12H2,1-4H3,(H,19,21);5,7-10,12-13H,4,6,11H2,1-3H3,(H,19,22)(H,23,24);5,7-10,12-13H,4,6,11H2,1-3H3,(H,18,20)(H,21,22)/b8-3-;2*9-6-;2*8-5-/t15-;2*14-;2*13-/m11111/s1. The number of benzene rings is 5. The number of pyridine rings is 1. The molecule has 1 aromatic heterocycles. The lowest BCUT2D eigenvalue weighted by molar-refractivity contribution is -0.143. The summed E-state index contributed by atoms with van der Waals surface area (Å²) >= 11 is 0. The summed E-state index contributed by atoms with van der Waals surface area (Å²) in [5.41, 5.74) is 6.41. The molecule has 32 nitrogen and oxygen atoms in total. The number of esters is 2. The minimum Gasteiger partial charge on any atom is -0.480 e. The average Bonchev–Trinajstić information content (AvgIpc) is 0.889. The Bertz CT molecular complexity index is 5060. The normalized spacial score (nSPS) is 12.4. The van der Waals surface area contributed by atoms with E-state index in [2.05, 4.69) is 36.1 Å². The summed E-state index contributed by atoms with van der Waals surface area (Å²) < 4.78 is 58.6. The predicted molar refractivity (Wildman–Crippen MR) is 487 cm³/mol. The molecule has 7 amide bonds. The molecule has 0 fully saturated rings. The van der Waals surface area contributed by atoms with E-state index in [1.165, 1.54) is 69.1 Å². The minimum atomic E-state index is -3.15. The van der Waals surface area contributed by atoms with E-state index in [4.69, 9.17) is 15.3 Å². The van der Waals surface area contributed by atoms with E-state index < -0.39 is 97.8 Å². The van der Waals surface area contributed by atoms with Crippen LogP contribution in [0.15, 0.2) is 181 Å². The fourth-order valence-corrected chi connectivity index (χ4v) is 11.4. The zero-order valence-electron chi connectivity index (χ0n) is 74.3. The van der Waals surface area contributed by atoms with Gasteiger partial charge in [-0.1, -0.05) is 127 Å². The molecule has 8 N–H and O–H groups in total. The van der Waals surface area contributed by atoms with Crippen LogP contribution in [-0.2, 0) is 69.6 Å². The number of sulfonamides is 2. The third-order valence-electron chi connectivity index (χ3n) is 18.5. The number of ether oxygens (including phenoxy) is 2. The molecule has 5 atom stereocenters. The summed E-state index contributed by atoms with van der Waals surface area (Å²) in [5.74, 6) is -6.08. The van der Waals surface area contributed by atoms with Gasteiger partial charge in [0.15, 0.2) is 0 Å². The van der Waals surface area contributed by atoms with E-state index in [1.54, 1.807) is 167 Å². The van der Waals surface area contributed by atoms with Crippen LogP contribution in [0.5, 0.6) is 0 Å². The highest BCUT2D eigenvalue weighted by Gasteiger charge is 2.22. The van der Waals surface area contributed by atoms with Gasteiger partial charge in [-0.3, -0.25) is 52.7 Å². The van der Waals surface area contributed by atoms with Crippen molar-refractivity contribution in [2.45, 2.75) is 149 Å². The number of carbonyl (C=O) groups excluding carboxylic acids is 9. The third-order valence-corrected chi connectivity index (χ3v) is 21.2. The Kier molecular flexibility index (Phi) is 50.6. The van der Waals surface area contributed by atoms with Crippen molar-refractivity contribution in [2.75, 3.05) is 81.1 Å². The molecule has 0 saturated heterocycles. The van der Waals surface area contributed by atoms with E-state index in [0.29, 0.717) is 79.8 Å². The maximum atomic E-state index is 12.2. The Morgan fingerprint density at radius 2 is 0.619 bits per heavy atom. The number of nitrogens with zero attached hydrogens (tertiary/aromatic N) is 5. The van der Waals surface area contributed by atoms with Crippen molar-refractivity contribution in [1.29, 1.82) is 0 Å². The SMILES string of the molecule is CC(=O)N(C)CCC/C=C\c1cccc(C(=O)N[C@H](C)C(=O)O)c1.COC(=O)[C@@H](C)NC(=O)c1cccc(/C=C\CCCN(C)C(C)=O)c1.COC(=O)[C@@H](C)NC(=O)c1cccc(/C=C\CCCN(C)S(C)(=O)=O)c1.C[C@@H](NC(=O)c1cccc(/C=C\CCCN(C)S(C)(=O)=O)c1)C(=O)O.C[C@@H](NC(=O)c1cccc(/C=C\CCCn2ccccc2=O)c1)C(=O)O. The lowest BCUT2D eigenvalue weighted by atomic mass is 10.1. The van der Waals surface area contributed by atoms with Gasteiger partial charge in [0, 0.05) is 115 Å². The van der Waals surface area contributed by atoms with Gasteiger partial charge >= 0.3 is 29.8 Å². The number of amides is 7. The van der Waals surface area contributed by atoms with Crippen molar-refractivity contribution >= 4 is 122 Å². The maximum Gasteiger partial charge on any atom is 0.328 e. The molecule has 0 unspecified atom stereocenters. The molecule has 1 heterocycles. The molecular weight excluding hydrogens is 1660 g/mol. The molecule has 6 aromatic rings. The van der Waals surface area contributed by atoms with Crippen LogP contribution in [0.25, 0.3) is 30.4 Å². The highest BCUT2D eigenvalue weighted by Crippen LogP contribution is 2.16. The highest BCUT2D eigenvalue weighted by molar-refractivity contribution is 7.88. The van der Waals surface area contributed by atoms with Crippen molar-refractivity contribution in [3.8, 4) is 0 Å². The first-order valence-electron chi connectivity index (χ1n) is 40.5. The number of hydrogen-bond donors (Lipinski definition) is 8. The van der Waals surface area contributed by atoms with E-state index in [0.717, 1.165) is 72.8 Å². The zero-order valence-corrected chi connectivity index (χ0v) is 75.9. The average molecular weight is 1780 g/mol. The first-order valence-corrected chi connectivity index (χ1v) is 44.2. The quantitative estimate of drug-likeness (QED) is 0.0130. The summed E-state index contributed by atoms with van der Waals surface area (Å²) in [7, 11) is 2.90. The van der Waals surface area contributed by atoms with Gasteiger partial charge in [-0.25, -0.2) is 35.0 Å². The Balaban J connectivity index is 0.000000534. The third kappa shape index (κ3) is 45.5. The highest BCUT2D eigenvalue weighted by atomic mass is 32.2. The van der Waals surface area contributed by atoms with Gasteiger partial charge in [-0.05, 0) is 193 Å². The number of methoxy groups -OCH3 is 2. The Hall–Kier alpha value is -12.8. The number of carboxylic acids is 3. The molecular formula is C92H122N10O22S2. The van der Waals surface area contributed by atoms with Crippen molar-refractivity contribution in [2.24, 2.45) is 0 Å². The van der Waals surface area contributed by atoms with Gasteiger partial charge in [0.1, 0.15) is 30.2 Å². The minimum absolute atomic E-state index is 0.00853. The largest absolute Gasteiger partial charge is 0.480 e. The topological polar surface area (TPSA) is 447 Å². The molecule has 0 saturated carbocycles. The number of aryl methyl sites for hydroxylation is 1. The first kappa shape index (κ1) is 109. The molecule has 0 aliphatic carbocycles. The van der Waals surface area contributed by atoms with E-state index >= 15 is 0 Å². The summed E-state index contributed by atoms with van der Waals surface area (Å²) in [6, 6.07) is 35.8. The number of carbonyl (C=O) groups is 12. The van der Waals surface area contributed by atoms with E-state index in [-0.39, 0.29) is 29.2 Å². The number of carboxylic acid groups (broad SMARTS) is 3. The lowest BCUT2D eigenvalue weighted by Gasteiger charge is -2.13. The number of unbranched alkanes of at least 4 members (excludes halogenated alkanes) is 5. The van der Waals surface area contributed by atoms with Crippen molar-refractivity contribution < 1.29 is 99.2 Å². The van der Waals surface area contributed by atoms with Crippen LogP contribution in [0.4, 0.5) is 0 Å². The molecule has 684 valence electrons. The second-order valence-electron chi connectivity index (χ2n) is 29.2. The molecule has 0 radical (unpaired) electrons. The predicted octanol–water partition coefficient (Wildman–Crippen LogP) is 10.2. The van der Waals surface area contributed by atoms with Crippen LogP contribution in [-0.4, -0.2) is 238 Å². The van der Waals surface area contributed by atoms with Crippen LogP contribution >= 0.6 is 0 Å². The summed E-state index contributed by atoms with van der Waals surface area (Å²) in [6.07, 6.45) is 31.3. The molecule has 126 heavy (non-hydrogen) atoms. The number of nitrogens with one attached hydrogen (secondary N) is 5. The van der Waals surface area contributed by atoms with Gasteiger partial charge in [-0.15, -0.1) is 0 Å².